The van der Waals surface area contributed by atoms with E-state index in [1.165, 1.54) is 6.42 Å². The van der Waals surface area contributed by atoms with Gasteiger partial charge in [-0.25, -0.2) is 4.79 Å². The van der Waals surface area contributed by atoms with Crippen molar-refractivity contribution in [3.05, 3.63) is 0 Å². The minimum absolute atomic E-state index is 0.239. The average Bonchev–Trinajstić information content (AvgIpc) is 3.22. The van der Waals surface area contributed by atoms with Gasteiger partial charge in [0, 0.05) is 18.6 Å². The Bertz CT molecular complexity index is 357. The van der Waals surface area contributed by atoms with Gasteiger partial charge in [-0.05, 0) is 38.1 Å². The number of piperidine rings is 1. The molecule has 4 N–H and O–H groups in total. The monoisotopic (exact) mass is 282 g/mol. The Kier molecular flexibility index (Phi) is 5.37. The summed E-state index contributed by atoms with van der Waals surface area (Å²) >= 11 is 0. The number of amides is 3. The molecular weight excluding hydrogens is 256 g/mol. The zero-order valence-electron chi connectivity index (χ0n) is 12.2. The minimum atomic E-state index is -0.370. The van der Waals surface area contributed by atoms with E-state index in [4.69, 9.17) is 5.73 Å². The molecule has 0 bridgehead atoms. The van der Waals surface area contributed by atoms with E-state index >= 15 is 0 Å². The number of nitrogens with zero attached hydrogens (tertiary/aromatic N) is 1. The van der Waals surface area contributed by atoms with E-state index < -0.39 is 0 Å². The molecular formula is C14H26N4O2. The summed E-state index contributed by atoms with van der Waals surface area (Å²) < 4.78 is 0. The molecule has 20 heavy (non-hydrogen) atoms. The molecule has 0 aromatic heterocycles. The van der Waals surface area contributed by atoms with Crippen LogP contribution in [0.15, 0.2) is 0 Å². The highest BCUT2D eigenvalue weighted by Crippen LogP contribution is 2.24. The van der Waals surface area contributed by atoms with Gasteiger partial charge in [-0.2, -0.15) is 0 Å². The first-order valence-corrected chi connectivity index (χ1v) is 7.66. The van der Waals surface area contributed by atoms with Crippen LogP contribution in [-0.4, -0.2) is 48.6 Å². The first-order valence-electron chi connectivity index (χ1n) is 7.66. The second-order valence-electron chi connectivity index (χ2n) is 5.95. The Morgan fingerprint density at radius 3 is 2.65 bits per heavy atom. The Morgan fingerprint density at radius 2 is 2.05 bits per heavy atom. The van der Waals surface area contributed by atoms with Crippen LogP contribution < -0.4 is 16.4 Å². The standard InChI is InChI=1S/C14H26N4O2/c1-2-10-5-6-18(12(7-10)8-15)9-13(19)17-14(20)16-11-3-4-11/h10-12H,2-9,15H2,1H3,(H2,16,17,19,20). The van der Waals surface area contributed by atoms with Crippen molar-refractivity contribution in [1.29, 1.82) is 0 Å². The molecule has 0 spiro atoms. The van der Waals surface area contributed by atoms with Crippen LogP contribution in [0.4, 0.5) is 4.79 Å². The first-order chi connectivity index (χ1) is 9.62. The van der Waals surface area contributed by atoms with Crippen LogP contribution in [0.1, 0.15) is 39.0 Å². The van der Waals surface area contributed by atoms with Crippen LogP contribution in [0.3, 0.4) is 0 Å². The Labute approximate surface area is 120 Å². The van der Waals surface area contributed by atoms with Gasteiger partial charge in [0.05, 0.1) is 6.54 Å². The van der Waals surface area contributed by atoms with Crippen LogP contribution in [0.25, 0.3) is 0 Å². The van der Waals surface area contributed by atoms with Crippen molar-refractivity contribution >= 4 is 11.9 Å². The summed E-state index contributed by atoms with van der Waals surface area (Å²) in [5.41, 5.74) is 5.81. The van der Waals surface area contributed by atoms with E-state index in [9.17, 15) is 9.59 Å². The molecule has 1 aliphatic carbocycles. The van der Waals surface area contributed by atoms with Crippen LogP contribution in [-0.2, 0) is 4.79 Å². The maximum atomic E-state index is 11.9. The predicted octanol–water partition coefficient (Wildman–Crippen LogP) is 0.424. The van der Waals surface area contributed by atoms with Crippen molar-refractivity contribution < 1.29 is 9.59 Å². The number of rotatable bonds is 5. The molecule has 2 aliphatic rings. The second-order valence-corrected chi connectivity index (χ2v) is 5.95. The Morgan fingerprint density at radius 1 is 1.30 bits per heavy atom. The molecule has 2 rings (SSSR count). The molecule has 1 heterocycles. The van der Waals surface area contributed by atoms with Gasteiger partial charge in [-0.3, -0.25) is 15.0 Å². The summed E-state index contributed by atoms with van der Waals surface area (Å²) in [5, 5.41) is 5.15. The SMILES string of the molecule is CCC1CCN(CC(=O)NC(=O)NC2CC2)C(CN)C1. The molecule has 6 nitrogen and oxygen atoms in total. The van der Waals surface area contributed by atoms with Crippen LogP contribution in [0, 0.1) is 5.92 Å². The lowest BCUT2D eigenvalue weighted by molar-refractivity contribution is -0.122. The number of likely N-dealkylation sites (tertiary alicyclic amines) is 1. The lowest BCUT2D eigenvalue weighted by atomic mass is 9.89. The topological polar surface area (TPSA) is 87.5 Å². The van der Waals surface area contributed by atoms with Crippen molar-refractivity contribution in [2.24, 2.45) is 11.7 Å². The molecule has 2 fully saturated rings. The van der Waals surface area contributed by atoms with E-state index in [0.717, 1.165) is 32.2 Å². The normalized spacial score (nSPS) is 27.1. The third-order valence-corrected chi connectivity index (χ3v) is 4.31. The zero-order valence-corrected chi connectivity index (χ0v) is 12.2. The third-order valence-electron chi connectivity index (χ3n) is 4.31. The number of nitrogens with one attached hydrogen (secondary N) is 2. The van der Waals surface area contributed by atoms with Crippen molar-refractivity contribution in [2.75, 3.05) is 19.6 Å². The summed E-state index contributed by atoms with van der Waals surface area (Å²) in [5.74, 6) is 0.470. The van der Waals surface area contributed by atoms with E-state index in [-0.39, 0.29) is 30.6 Å². The Hall–Kier alpha value is -1.14. The summed E-state index contributed by atoms with van der Waals surface area (Å²) in [6.45, 7) is 3.91. The molecule has 2 atom stereocenters. The minimum Gasteiger partial charge on any atom is -0.335 e. The van der Waals surface area contributed by atoms with Crippen molar-refractivity contribution in [2.45, 2.75) is 51.1 Å². The molecule has 0 radical (unpaired) electrons. The smallest absolute Gasteiger partial charge is 0.321 e. The quantitative estimate of drug-likeness (QED) is 0.682. The highest BCUT2D eigenvalue weighted by Gasteiger charge is 2.29. The molecule has 0 aromatic carbocycles. The van der Waals surface area contributed by atoms with Crippen molar-refractivity contribution in [3.63, 3.8) is 0 Å². The van der Waals surface area contributed by atoms with Gasteiger partial charge >= 0.3 is 6.03 Å². The predicted molar refractivity (Wildman–Crippen MR) is 77.1 cm³/mol. The lowest BCUT2D eigenvalue weighted by Crippen LogP contribution is -2.52. The molecule has 0 aromatic rings. The second kappa shape index (κ2) is 7.04. The Balaban J connectivity index is 1.75. The third kappa shape index (κ3) is 4.45. The number of carbonyl (C=O) groups excluding carboxylic acids is 2. The fraction of sp³-hybridized carbons (Fsp3) is 0.857. The zero-order chi connectivity index (χ0) is 14.5. The first kappa shape index (κ1) is 15.3. The molecule has 3 amide bonds. The van der Waals surface area contributed by atoms with E-state index in [1.54, 1.807) is 0 Å². The molecule has 1 saturated heterocycles. The van der Waals surface area contributed by atoms with Gasteiger partial charge < -0.3 is 11.1 Å². The van der Waals surface area contributed by atoms with Gasteiger partial charge in [0.15, 0.2) is 0 Å². The van der Waals surface area contributed by atoms with Crippen LogP contribution in [0.5, 0.6) is 0 Å². The summed E-state index contributed by atoms with van der Waals surface area (Å²) in [4.78, 5) is 25.5. The average molecular weight is 282 g/mol. The lowest BCUT2D eigenvalue weighted by Gasteiger charge is -2.38. The summed E-state index contributed by atoms with van der Waals surface area (Å²) in [6, 6.07) is 0.149. The number of hydrogen-bond donors (Lipinski definition) is 3. The maximum Gasteiger partial charge on any atom is 0.321 e. The van der Waals surface area contributed by atoms with Crippen molar-refractivity contribution in [3.8, 4) is 0 Å². The number of imide groups is 1. The van der Waals surface area contributed by atoms with Gasteiger partial charge in [0.25, 0.3) is 0 Å². The summed E-state index contributed by atoms with van der Waals surface area (Å²) in [6.07, 6.45) is 5.35. The number of urea groups is 1. The van der Waals surface area contributed by atoms with Gasteiger partial charge in [-0.15, -0.1) is 0 Å². The van der Waals surface area contributed by atoms with E-state index in [1.807, 2.05) is 0 Å². The molecule has 2 unspecified atom stereocenters. The fourth-order valence-electron chi connectivity index (χ4n) is 2.81. The van der Waals surface area contributed by atoms with E-state index in [0.29, 0.717) is 12.5 Å². The molecule has 6 heteroatoms. The molecule has 1 aliphatic heterocycles. The van der Waals surface area contributed by atoms with Gasteiger partial charge in [-0.1, -0.05) is 13.3 Å². The van der Waals surface area contributed by atoms with E-state index in [2.05, 4.69) is 22.5 Å². The number of hydrogen-bond acceptors (Lipinski definition) is 4. The fourth-order valence-corrected chi connectivity index (χ4v) is 2.81. The number of nitrogens with two attached hydrogens (primary N) is 1. The van der Waals surface area contributed by atoms with Crippen LogP contribution in [0.2, 0.25) is 0 Å². The molecule has 1 saturated carbocycles. The summed E-state index contributed by atoms with van der Waals surface area (Å²) in [7, 11) is 0. The van der Waals surface area contributed by atoms with Gasteiger partial charge in [0.1, 0.15) is 0 Å². The van der Waals surface area contributed by atoms with Gasteiger partial charge in [0.2, 0.25) is 5.91 Å². The molecule has 114 valence electrons. The van der Waals surface area contributed by atoms with Crippen LogP contribution >= 0.6 is 0 Å². The van der Waals surface area contributed by atoms with Crippen molar-refractivity contribution in [1.82, 2.24) is 15.5 Å². The number of carbonyl (C=O) groups is 2. The maximum absolute atomic E-state index is 11.9. The largest absolute Gasteiger partial charge is 0.335 e. The highest BCUT2D eigenvalue weighted by atomic mass is 16.2. The highest BCUT2D eigenvalue weighted by molar-refractivity contribution is 5.95.